The summed E-state index contributed by atoms with van der Waals surface area (Å²) in [5, 5.41) is 2.61. The number of anilines is 1. The molecule has 0 saturated carbocycles. The molecule has 1 aliphatic heterocycles. The van der Waals surface area contributed by atoms with Crippen LogP contribution in [0.2, 0.25) is 0 Å². The van der Waals surface area contributed by atoms with Gasteiger partial charge in [0.2, 0.25) is 11.8 Å². The van der Waals surface area contributed by atoms with Crippen molar-refractivity contribution < 1.29 is 27.5 Å². The van der Waals surface area contributed by atoms with Gasteiger partial charge in [-0.3, -0.25) is 9.59 Å². The highest BCUT2D eigenvalue weighted by Crippen LogP contribution is 2.22. The Labute approximate surface area is 168 Å². The summed E-state index contributed by atoms with van der Waals surface area (Å²) in [4.78, 5) is 38.1. The molecule has 0 aromatic heterocycles. The molecule has 3 rings (SSSR count). The van der Waals surface area contributed by atoms with Crippen LogP contribution < -0.4 is 5.32 Å². The average Bonchev–Trinajstić information content (AvgIpc) is 3.08. The number of nitrogens with one attached hydrogen (secondary N) is 1. The van der Waals surface area contributed by atoms with Crippen molar-refractivity contribution in [2.45, 2.75) is 30.4 Å². The van der Waals surface area contributed by atoms with E-state index in [4.69, 9.17) is 4.74 Å². The van der Waals surface area contributed by atoms with E-state index in [9.17, 15) is 22.8 Å². The molecule has 0 bridgehead atoms. The Morgan fingerprint density at radius 1 is 1.10 bits per heavy atom. The number of rotatable bonds is 5. The van der Waals surface area contributed by atoms with Gasteiger partial charge in [-0.05, 0) is 36.2 Å². The van der Waals surface area contributed by atoms with Gasteiger partial charge in [0.15, 0.2) is 9.84 Å². The maximum atomic E-state index is 12.6. The molecular formula is C20H20N2O6S. The Morgan fingerprint density at radius 2 is 1.76 bits per heavy atom. The largest absolute Gasteiger partial charge is 0.444 e. The van der Waals surface area contributed by atoms with Gasteiger partial charge >= 0.3 is 6.09 Å². The lowest BCUT2D eigenvalue weighted by Crippen LogP contribution is -2.45. The third-order valence-corrected chi connectivity index (χ3v) is 5.59. The third-order valence-electron chi connectivity index (χ3n) is 4.47. The Kier molecular flexibility index (Phi) is 5.97. The number of ether oxygens (including phenoxy) is 1. The van der Waals surface area contributed by atoms with E-state index in [1.807, 2.05) is 6.07 Å². The second kappa shape index (κ2) is 8.44. The molecule has 1 fully saturated rings. The van der Waals surface area contributed by atoms with Crippen LogP contribution in [0.3, 0.4) is 0 Å². The molecule has 1 aliphatic rings. The Morgan fingerprint density at radius 3 is 2.38 bits per heavy atom. The lowest BCUT2D eigenvalue weighted by molar-refractivity contribution is -0.131. The van der Waals surface area contributed by atoms with Crippen LogP contribution in [0.5, 0.6) is 0 Å². The number of imide groups is 1. The van der Waals surface area contributed by atoms with Crippen molar-refractivity contribution >= 4 is 33.4 Å². The summed E-state index contributed by atoms with van der Waals surface area (Å²) in [7, 11) is -3.35. The van der Waals surface area contributed by atoms with Crippen LogP contribution in [0.1, 0.15) is 18.4 Å². The summed E-state index contributed by atoms with van der Waals surface area (Å²) in [6.07, 6.45) is 0.464. The molecule has 0 spiro atoms. The second-order valence-electron chi connectivity index (χ2n) is 6.64. The van der Waals surface area contributed by atoms with Gasteiger partial charge in [0, 0.05) is 18.4 Å². The standard InChI is InChI=1S/C20H20N2O6S/c1-29(26,27)16-9-7-15(8-10-16)21-19(24)17-11-12-18(23)22(17)20(25)28-13-14-5-3-2-4-6-14/h2-10,17H,11-13H2,1H3,(H,21,24). The predicted octanol–water partition coefficient (Wildman–Crippen LogP) is 2.36. The van der Waals surface area contributed by atoms with Crippen molar-refractivity contribution in [2.75, 3.05) is 11.6 Å². The molecule has 152 valence electrons. The van der Waals surface area contributed by atoms with E-state index in [1.54, 1.807) is 24.3 Å². The number of amides is 3. The minimum absolute atomic E-state index is 0.00918. The highest BCUT2D eigenvalue weighted by Gasteiger charge is 2.41. The quantitative estimate of drug-likeness (QED) is 0.801. The first-order valence-corrected chi connectivity index (χ1v) is 10.8. The SMILES string of the molecule is CS(=O)(=O)c1ccc(NC(=O)C2CCC(=O)N2C(=O)OCc2ccccc2)cc1. The molecule has 1 heterocycles. The predicted molar refractivity (Wildman–Crippen MR) is 105 cm³/mol. The summed E-state index contributed by atoms with van der Waals surface area (Å²) in [5.74, 6) is -1.02. The molecule has 1 N–H and O–H groups in total. The normalized spacial score (nSPS) is 16.5. The summed E-state index contributed by atoms with van der Waals surface area (Å²) in [5.41, 5.74) is 1.12. The van der Waals surface area contributed by atoms with Gasteiger partial charge in [-0.25, -0.2) is 18.1 Å². The zero-order valence-corrected chi connectivity index (χ0v) is 16.5. The highest BCUT2D eigenvalue weighted by atomic mass is 32.2. The molecule has 1 saturated heterocycles. The average molecular weight is 416 g/mol. The number of sulfone groups is 1. The first kappa shape index (κ1) is 20.5. The van der Waals surface area contributed by atoms with Crippen molar-refractivity contribution in [1.29, 1.82) is 0 Å². The van der Waals surface area contributed by atoms with Crippen molar-refractivity contribution in [3.8, 4) is 0 Å². The number of carbonyl (C=O) groups excluding carboxylic acids is 3. The van der Waals surface area contributed by atoms with Gasteiger partial charge in [0.25, 0.3) is 0 Å². The first-order valence-electron chi connectivity index (χ1n) is 8.89. The fourth-order valence-electron chi connectivity index (χ4n) is 2.96. The molecule has 29 heavy (non-hydrogen) atoms. The van der Waals surface area contributed by atoms with Gasteiger partial charge in [0.05, 0.1) is 4.90 Å². The fraction of sp³-hybridized carbons (Fsp3) is 0.250. The third kappa shape index (κ3) is 5.00. The van der Waals surface area contributed by atoms with Gasteiger partial charge in [-0.2, -0.15) is 0 Å². The van der Waals surface area contributed by atoms with E-state index in [-0.39, 0.29) is 24.3 Å². The lowest BCUT2D eigenvalue weighted by Gasteiger charge is -2.21. The van der Waals surface area contributed by atoms with E-state index in [1.165, 1.54) is 24.3 Å². The first-order chi connectivity index (χ1) is 13.8. The van der Waals surface area contributed by atoms with Crippen molar-refractivity contribution in [3.63, 3.8) is 0 Å². The summed E-state index contributed by atoms with van der Waals surface area (Å²) < 4.78 is 28.2. The molecule has 3 amide bonds. The van der Waals surface area contributed by atoms with Gasteiger partial charge in [-0.1, -0.05) is 30.3 Å². The zero-order chi connectivity index (χ0) is 21.0. The topological polar surface area (TPSA) is 110 Å². The van der Waals surface area contributed by atoms with Crippen LogP contribution in [0.15, 0.2) is 59.5 Å². The number of hydrogen-bond acceptors (Lipinski definition) is 6. The number of hydrogen-bond donors (Lipinski definition) is 1. The van der Waals surface area contributed by atoms with Crippen molar-refractivity contribution in [2.24, 2.45) is 0 Å². The fourth-order valence-corrected chi connectivity index (χ4v) is 3.59. The van der Waals surface area contributed by atoms with E-state index >= 15 is 0 Å². The van der Waals surface area contributed by atoms with E-state index < -0.39 is 33.8 Å². The molecule has 1 unspecified atom stereocenters. The molecule has 2 aromatic rings. The van der Waals surface area contributed by atoms with Gasteiger partial charge < -0.3 is 10.1 Å². The van der Waals surface area contributed by atoms with Gasteiger partial charge in [-0.15, -0.1) is 0 Å². The van der Waals surface area contributed by atoms with Crippen molar-refractivity contribution in [1.82, 2.24) is 4.90 Å². The number of likely N-dealkylation sites (tertiary alicyclic amines) is 1. The van der Waals surface area contributed by atoms with Crippen LogP contribution in [-0.2, 0) is 30.8 Å². The molecule has 0 aliphatic carbocycles. The van der Waals surface area contributed by atoms with Crippen LogP contribution in [0, 0.1) is 0 Å². The van der Waals surface area contributed by atoms with Crippen LogP contribution in [0.25, 0.3) is 0 Å². The molecule has 8 nitrogen and oxygen atoms in total. The Hall–Kier alpha value is -3.20. The number of carbonyl (C=O) groups is 3. The smallest absolute Gasteiger partial charge is 0.417 e. The molecule has 2 aromatic carbocycles. The van der Waals surface area contributed by atoms with Crippen molar-refractivity contribution in [3.05, 3.63) is 60.2 Å². The summed E-state index contributed by atoms with van der Waals surface area (Å²) in [6.45, 7) is -0.00918. The minimum atomic E-state index is -3.35. The lowest BCUT2D eigenvalue weighted by atomic mass is 10.2. The minimum Gasteiger partial charge on any atom is -0.444 e. The Bertz CT molecular complexity index is 1020. The highest BCUT2D eigenvalue weighted by molar-refractivity contribution is 7.90. The second-order valence-corrected chi connectivity index (χ2v) is 8.66. The van der Waals surface area contributed by atoms with Crippen LogP contribution in [-0.4, -0.2) is 43.5 Å². The summed E-state index contributed by atoms with van der Waals surface area (Å²) in [6, 6.07) is 13.6. The molecule has 1 atom stereocenters. The van der Waals surface area contributed by atoms with E-state index in [0.29, 0.717) is 5.69 Å². The maximum Gasteiger partial charge on any atom is 0.417 e. The number of benzene rings is 2. The monoisotopic (exact) mass is 416 g/mol. The Balaban J connectivity index is 1.65. The number of nitrogens with zero attached hydrogens (tertiary/aromatic N) is 1. The summed E-state index contributed by atoms with van der Waals surface area (Å²) >= 11 is 0. The van der Waals surface area contributed by atoms with E-state index in [0.717, 1.165) is 16.7 Å². The zero-order valence-electron chi connectivity index (χ0n) is 15.7. The van der Waals surface area contributed by atoms with Crippen LogP contribution >= 0.6 is 0 Å². The van der Waals surface area contributed by atoms with Gasteiger partial charge in [0.1, 0.15) is 12.6 Å². The molecular weight excluding hydrogens is 396 g/mol. The van der Waals surface area contributed by atoms with Crippen LogP contribution in [0.4, 0.5) is 10.5 Å². The maximum absolute atomic E-state index is 12.6. The molecule has 9 heteroatoms. The molecule has 0 radical (unpaired) electrons. The van der Waals surface area contributed by atoms with E-state index in [2.05, 4.69) is 5.32 Å².